The molecule has 1 fully saturated rings. The number of aryl methyl sites for hydroxylation is 1. The van der Waals surface area contributed by atoms with E-state index in [2.05, 4.69) is 4.74 Å². The van der Waals surface area contributed by atoms with Gasteiger partial charge in [0.15, 0.2) is 0 Å². The van der Waals surface area contributed by atoms with Crippen LogP contribution in [-0.4, -0.2) is 60.9 Å². The van der Waals surface area contributed by atoms with Crippen LogP contribution < -0.4 is 0 Å². The van der Waals surface area contributed by atoms with Crippen LogP contribution in [0.25, 0.3) is 0 Å². The van der Waals surface area contributed by atoms with Crippen LogP contribution in [0.5, 0.6) is 0 Å². The van der Waals surface area contributed by atoms with Crippen molar-refractivity contribution in [3.8, 4) is 0 Å². The fraction of sp³-hybridized carbons (Fsp3) is 0.286. The van der Waals surface area contributed by atoms with Gasteiger partial charge in [0.25, 0.3) is 11.8 Å². The van der Waals surface area contributed by atoms with Crippen LogP contribution in [-0.2, 0) is 4.74 Å². The van der Waals surface area contributed by atoms with Gasteiger partial charge in [0, 0.05) is 37.3 Å². The molecule has 0 unspecified atom stereocenters. The Hall–Kier alpha value is -3.15. The zero-order valence-electron chi connectivity index (χ0n) is 15.5. The fourth-order valence-corrected chi connectivity index (χ4v) is 3.04. The van der Waals surface area contributed by atoms with E-state index < -0.39 is 5.97 Å². The standard InChI is InChI=1S/C21H22N2O4/c1-15-3-5-16(6-4-15)19(24)22-11-13-23(14-12-22)20(25)17-7-9-18(10-8-17)21(26)27-2/h3-10H,11-14H2,1-2H3. The van der Waals surface area contributed by atoms with Gasteiger partial charge in [-0.15, -0.1) is 0 Å². The van der Waals surface area contributed by atoms with E-state index in [9.17, 15) is 14.4 Å². The average Bonchev–Trinajstić information content (AvgIpc) is 2.73. The van der Waals surface area contributed by atoms with Crippen LogP contribution in [0.3, 0.4) is 0 Å². The minimum absolute atomic E-state index is 0.00969. The van der Waals surface area contributed by atoms with Crippen molar-refractivity contribution in [1.29, 1.82) is 0 Å². The smallest absolute Gasteiger partial charge is 0.337 e. The third-order valence-corrected chi connectivity index (χ3v) is 4.71. The van der Waals surface area contributed by atoms with Gasteiger partial charge in [0.1, 0.15) is 0 Å². The van der Waals surface area contributed by atoms with E-state index in [-0.39, 0.29) is 11.8 Å². The Morgan fingerprint density at radius 2 is 1.07 bits per heavy atom. The number of amides is 2. The first kappa shape index (κ1) is 18.6. The predicted octanol–water partition coefficient (Wildman–Crippen LogP) is 2.38. The van der Waals surface area contributed by atoms with Crippen molar-refractivity contribution in [2.75, 3.05) is 33.3 Å². The summed E-state index contributed by atoms with van der Waals surface area (Å²) in [5.74, 6) is -0.546. The molecule has 0 spiro atoms. The molecule has 1 aliphatic rings. The van der Waals surface area contributed by atoms with E-state index in [1.165, 1.54) is 7.11 Å². The monoisotopic (exact) mass is 366 g/mol. The Kier molecular flexibility index (Phi) is 5.54. The number of ether oxygens (including phenoxy) is 1. The molecule has 2 amide bonds. The summed E-state index contributed by atoms with van der Waals surface area (Å²) in [6.45, 7) is 3.94. The summed E-state index contributed by atoms with van der Waals surface area (Å²) in [5, 5.41) is 0. The number of hydrogen-bond acceptors (Lipinski definition) is 4. The molecular weight excluding hydrogens is 344 g/mol. The second kappa shape index (κ2) is 8.03. The zero-order chi connectivity index (χ0) is 19.4. The number of hydrogen-bond donors (Lipinski definition) is 0. The van der Waals surface area contributed by atoms with Crippen LogP contribution in [0.4, 0.5) is 0 Å². The first-order valence-corrected chi connectivity index (χ1v) is 8.83. The quantitative estimate of drug-likeness (QED) is 0.783. The summed E-state index contributed by atoms with van der Waals surface area (Å²) in [4.78, 5) is 40.2. The molecule has 0 radical (unpaired) electrons. The highest BCUT2D eigenvalue weighted by atomic mass is 16.5. The summed E-state index contributed by atoms with van der Waals surface area (Å²) in [5.41, 5.74) is 2.70. The molecule has 3 rings (SSSR count). The van der Waals surface area contributed by atoms with Gasteiger partial charge in [-0.25, -0.2) is 4.79 Å². The van der Waals surface area contributed by atoms with Crippen molar-refractivity contribution in [3.63, 3.8) is 0 Å². The zero-order valence-corrected chi connectivity index (χ0v) is 15.5. The van der Waals surface area contributed by atoms with Crippen molar-refractivity contribution in [1.82, 2.24) is 9.80 Å². The maximum atomic E-state index is 12.6. The second-order valence-electron chi connectivity index (χ2n) is 6.52. The number of benzene rings is 2. The Morgan fingerprint density at radius 1 is 0.704 bits per heavy atom. The molecule has 1 saturated heterocycles. The van der Waals surface area contributed by atoms with Crippen molar-refractivity contribution in [3.05, 3.63) is 70.8 Å². The van der Waals surface area contributed by atoms with Crippen molar-refractivity contribution in [2.24, 2.45) is 0 Å². The Bertz CT molecular complexity index is 835. The van der Waals surface area contributed by atoms with Gasteiger partial charge in [0.05, 0.1) is 12.7 Å². The highest BCUT2D eigenvalue weighted by molar-refractivity contribution is 5.97. The SMILES string of the molecule is COC(=O)c1ccc(C(=O)N2CCN(C(=O)c3ccc(C)cc3)CC2)cc1. The highest BCUT2D eigenvalue weighted by Gasteiger charge is 2.25. The normalized spacial score (nSPS) is 14.0. The minimum Gasteiger partial charge on any atom is -0.465 e. The minimum atomic E-state index is -0.433. The number of rotatable bonds is 3. The van der Waals surface area contributed by atoms with E-state index >= 15 is 0 Å². The molecule has 27 heavy (non-hydrogen) atoms. The lowest BCUT2D eigenvalue weighted by Crippen LogP contribution is -2.50. The van der Waals surface area contributed by atoms with Gasteiger partial charge in [0.2, 0.25) is 0 Å². The van der Waals surface area contributed by atoms with Crippen LogP contribution in [0, 0.1) is 6.92 Å². The van der Waals surface area contributed by atoms with Gasteiger partial charge in [-0.1, -0.05) is 17.7 Å². The molecule has 0 saturated carbocycles. The van der Waals surface area contributed by atoms with Gasteiger partial charge < -0.3 is 14.5 Å². The summed E-state index contributed by atoms with van der Waals surface area (Å²) >= 11 is 0. The number of methoxy groups -OCH3 is 1. The molecular formula is C21H22N2O4. The molecule has 0 bridgehead atoms. The molecule has 1 aliphatic heterocycles. The van der Waals surface area contributed by atoms with E-state index in [0.717, 1.165) is 5.56 Å². The molecule has 0 atom stereocenters. The van der Waals surface area contributed by atoms with Crippen molar-refractivity contribution < 1.29 is 19.1 Å². The van der Waals surface area contributed by atoms with E-state index in [1.807, 2.05) is 31.2 Å². The topological polar surface area (TPSA) is 66.9 Å². The Morgan fingerprint density at radius 3 is 1.48 bits per heavy atom. The van der Waals surface area contributed by atoms with Gasteiger partial charge in [-0.3, -0.25) is 9.59 Å². The number of carbonyl (C=O) groups excluding carboxylic acids is 3. The van der Waals surface area contributed by atoms with Gasteiger partial charge in [-0.2, -0.15) is 0 Å². The van der Waals surface area contributed by atoms with Crippen LogP contribution in [0.1, 0.15) is 36.6 Å². The van der Waals surface area contributed by atoms with E-state index in [1.54, 1.807) is 34.1 Å². The van der Waals surface area contributed by atoms with Crippen LogP contribution in [0.2, 0.25) is 0 Å². The van der Waals surface area contributed by atoms with Gasteiger partial charge >= 0.3 is 5.97 Å². The second-order valence-corrected chi connectivity index (χ2v) is 6.52. The first-order valence-electron chi connectivity index (χ1n) is 8.83. The molecule has 0 aliphatic carbocycles. The van der Waals surface area contributed by atoms with Crippen molar-refractivity contribution in [2.45, 2.75) is 6.92 Å². The molecule has 1 heterocycles. The average molecular weight is 366 g/mol. The first-order chi connectivity index (χ1) is 13.0. The number of esters is 1. The predicted molar refractivity (Wildman–Crippen MR) is 101 cm³/mol. The lowest BCUT2D eigenvalue weighted by Gasteiger charge is -2.35. The molecule has 0 aromatic heterocycles. The van der Waals surface area contributed by atoms with Crippen molar-refractivity contribution >= 4 is 17.8 Å². The summed E-state index contributed by atoms with van der Waals surface area (Å²) in [7, 11) is 1.32. The number of piperazine rings is 1. The lowest BCUT2D eigenvalue weighted by molar-refractivity contribution is 0.0535. The molecule has 0 N–H and O–H groups in total. The molecule has 2 aromatic rings. The van der Waals surface area contributed by atoms with E-state index in [4.69, 9.17) is 0 Å². The highest BCUT2D eigenvalue weighted by Crippen LogP contribution is 2.13. The van der Waals surface area contributed by atoms with Crippen LogP contribution >= 0.6 is 0 Å². The molecule has 6 heteroatoms. The van der Waals surface area contributed by atoms with Crippen LogP contribution in [0.15, 0.2) is 48.5 Å². The van der Waals surface area contributed by atoms with Gasteiger partial charge in [-0.05, 0) is 43.3 Å². The third-order valence-electron chi connectivity index (χ3n) is 4.71. The number of nitrogens with zero attached hydrogens (tertiary/aromatic N) is 2. The maximum absolute atomic E-state index is 12.6. The molecule has 6 nitrogen and oxygen atoms in total. The summed E-state index contributed by atoms with van der Waals surface area (Å²) in [6, 6.07) is 13.9. The Balaban J connectivity index is 1.59. The largest absolute Gasteiger partial charge is 0.465 e. The lowest BCUT2D eigenvalue weighted by atomic mass is 10.1. The van der Waals surface area contributed by atoms with E-state index in [0.29, 0.717) is 42.9 Å². The Labute approximate surface area is 158 Å². The third kappa shape index (κ3) is 4.16. The molecule has 2 aromatic carbocycles. The summed E-state index contributed by atoms with van der Waals surface area (Å²) in [6.07, 6.45) is 0. The summed E-state index contributed by atoms with van der Waals surface area (Å²) < 4.78 is 4.66. The number of carbonyl (C=O) groups is 3. The molecule has 140 valence electrons. The fourth-order valence-electron chi connectivity index (χ4n) is 3.04. The maximum Gasteiger partial charge on any atom is 0.337 e.